The van der Waals surface area contributed by atoms with Gasteiger partial charge in [0.25, 0.3) is 0 Å². The van der Waals surface area contributed by atoms with Crippen molar-refractivity contribution in [3.05, 3.63) is 11.8 Å². The molecule has 0 amide bonds. The van der Waals surface area contributed by atoms with Crippen molar-refractivity contribution < 1.29 is 0 Å². The Morgan fingerprint density at radius 3 is 1.92 bits per heavy atom. The maximum absolute atomic E-state index is 6.45. The molecule has 0 aliphatic carbocycles. The van der Waals surface area contributed by atoms with Crippen LogP contribution in [0.2, 0.25) is 0 Å². The van der Waals surface area contributed by atoms with Crippen LogP contribution in [-0.4, -0.2) is 25.9 Å². The fourth-order valence-electron chi connectivity index (χ4n) is 1.12. The predicted molar refractivity (Wildman–Crippen MR) is 64.5 cm³/mol. The van der Waals surface area contributed by atoms with E-state index in [2.05, 4.69) is 45.8 Å². The van der Waals surface area contributed by atoms with E-state index in [0.717, 1.165) is 13.1 Å². The molecule has 13 heavy (non-hydrogen) atoms. The molecular formula is C10H22ClNSi. The second kappa shape index (κ2) is 5.18. The minimum atomic E-state index is -1.43. The Hall–Kier alpha value is 0.207. The molecular weight excluding hydrogens is 198 g/mol. The summed E-state index contributed by atoms with van der Waals surface area (Å²) >= 11 is 6.45. The van der Waals surface area contributed by atoms with Crippen molar-refractivity contribution in [3.8, 4) is 0 Å². The molecule has 0 aromatic rings. The maximum Gasteiger partial charge on any atom is 0.240 e. The van der Waals surface area contributed by atoms with Crippen molar-refractivity contribution in [2.75, 3.05) is 13.1 Å². The van der Waals surface area contributed by atoms with Crippen molar-refractivity contribution in [1.29, 1.82) is 0 Å². The van der Waals surface area contributed by atoms with E-state index >= 15 is 0 Å². The monoisotopic (exact) mass is 219 g/mol. The standard InChI is InChI=1S/C10H22ClNSi/c1-7-12(8-2)13(11)9(3)10(4,5)6/h13H,3,7-8H2,1-2,4-6H3. The van der Waals surface area contributed by atoms with E-state index in [1.807, 2.05) is 0 Å². The van der Waals surface area contributed by atoms with Gasteiger partial charge in [-0.15, -0.1) is 17.7 Å². The molecule has 0 rings (SSSR count). The van der Waals surface area contributed by atoms with Gasteiger partial charge in [-0.25, -0.2) is 0 Å². The highest BCUT2D eigenvalue weighted by molar-refractivity contribution is 7.09. The molecule has 1 unspecified atom stereocenters. The lowest BCUT2D eigenvalue weighted by atomic mass is 9.97. The molecule has 0 aromatic heterocycles. The number of hydrogen-bond donors (Lipinski definition) is 0. The summed E-state index contributed by atoms with van der Waals surface area (Å²) in [6.45, 7) is 17.1. The second-order valence-electron chi connectivity index (χ2n) is 4.33. The van der Waals surface area contributed by atoms with E-state index in [4.69, 9.17) is 11.1 Å². The lowest BCUT2D eigenvalue weighted by Gasteiger charge is -2.31. The maximum atomic E-state index is 6.45. The summed E-state index contributed by atoms with van der Waals surface area (Å²) in [6.07, 6.45) is 0. The van der Waals surface area contributed by atoms with Crippen LogP contribution in [0.1, 0.15) is 34.6 Å². The summed E-state index contributed by atoms with van der Waals surface area (Å²) in [5, 5.41) is 1.23. The zero-order valence-corrected chi connectivity index (χ0v) is 11.4. The smallest absolute Gasteiger partial charge is 0.240 e. The fourth-order valence-corrected chi connectivity index (χ4v) is 4.73. The van der Waals surface area contributed by atoms with Crippen molar-refractivity contribution in [1.82, 2.24) is 4.57 Å². The molecule has 0 aromatic carbocycles. The molecule has 1 atom stereocenters. The SMILES string of the molecule is C=C([SiH](Cl)N(CC)CC)C(C)(C)C. The van der Waals surface area contributed by atoms with Crippen LogP contribution < -0.4 is 0 Å². The van der Waals surface area contributed by atoms with E-state index in [1.165, 1.54) is 5.20 Å². The van der Waals surface area contributed by atoms with Crippen LogP contribution in [-0.2, 0) is 0 Å². The minimum Gasteiger partial charge on any atom is -0.311 e. The van der Waals surface area contributed by atoms with Gasteiger partial charge >= 0.3 is 0 Å². The summed E-state index contributed by atoms with van der Waals surface area (Å²) in [7, 11) is -1.43. The summed E-state index contributed by atoms with van der Waals surface area (Å²) in [6, 6.07) is 0. The Labute approximate surface area is 89.2 Å². The first-order valence-electron chi connectivity index (χ1n) is 4.92. The molecule has 0 fully saturated rings. The Morgan fingerprint density at radius 1 is 1.31 bits per heavy atom. The first-order chi connectivity index (χ1) is 5.84. The highest BCUT2D eigenvalue weighted by Crippen LogP contribution is 2.28. The van der Waals surface area contributed by atoms with Crippen LogP contribution in [0.15, 0.2) is 11.8 Å². The molecule has 0 aliphatic heterocycles. The van der Waals surface area contributed by atoms with Crippen molar-refractivity contribution in [2.24, 2.45) is 5.41 Å². The molecule has 0 heterocycles. The topological polar surface area (TPSA) is 3.24 Å². The quantitative estimate of drug-likeness (QED) is 0.519. The molecule has 1 nitrogen and oxygen atoms in total. The third-order valence-electron chi connectivity index (χ3n) is 2.38. The Morgan fingerprint density at radius 2 is 1.69 bits per heavy atom. The Balaban J connectivity index is 4.41. The highest BCUT2D eigenvalue weighted by Gasteiger charge is 2.26. The van der Waals surface area contributed by atoms with Gasteiger partial charge in [-0.1, -0.05) is 39.8 Å². The van der Waals surface area contributed by atoms with Crippen LogP contribution in [0.25, 0.3) is 0 Å². The lowest BCUT2D eigenvalue weighted by molar-refractivity contribution is 0.469. The Kier molecular flexibility index (Phi) is 5.26. The molecule has 0 N–H and O–H groups in total. The largest absolute Gasteiger partial charge is 0.311 e. The van der Waals surface area contributed by atoms with Gasteiger partial charge in [0.05, 0.1) is 0 Å². The van der Waals surface area contributed by atoms with Gasteiger partial charge in [-0.2, -0.15) is 0 Å². The van der Waals surface area contributed by atoms with E-state index in [9.17, 15) is 0 Å². The van der Waals surface area contributed by atoms with Crippen LogP contribution in [0.4, 0.5) is 0 Å². The van der Waals surface area contributed by atoms with E-state index in [0.29, 0.717) is 0 Å². The number of hydrogen-bond acceptors (Lipinski definition) is 1. The molecule has 3 heteroatoms. The van der Waals surface area contributed by atoms with E-state index in [1.54, 1.807) is 0 Å². The number of allylic oxidation sites excluding steroid dienone is 1. The zero-order chi connectivity index (χ0) is 10.6. The van der Waals surface area contributed by atoms with Crippen LogP contribution in [0.3, 0.4) is 0 Å². The van der Waals surface area contributed by atoms with Gasteiger partial charge in [0, 0.05) is 0 Å². The summed E-state index contributed by atoms with van der Waals surface area (Å²) < 4.78 is 2.34. The molecule has 0 bridgehead atoms. The second-order valence-corrected chi connectivity index (χ2v) is 7.67. The fraction of sp³-hybridized carbons (Fsp3) is 0.800. The molecule has 78 valence electrons. The molecule has 0 saturated heterocycles. The highest BCUT2D eigenvalue weighted by atomic mass is 35.6. The number of halogens is 1. The lowest BCUT2D eigenvalue weighted by Crippen LogP contribution is -2.39. The van der Waals surface area contributed by atoms with Gasteiger partial charge in [0.1, 0.15) is 0 Å². The summed E-state index contributed by atoms with van der Waals surface area (Å²) in [5.41, 5.74) is 0.154. The zero-order valence-electron chi connectivity index (χ0n) is 9.52. The number of rotatable bonds is 4. The van der Waals surface area contributed by atoms with Gasteiger partial charge in [-0.3, -0.25) is 0 Å². The van der Waals surface area contributed by atoms with E-state index < -0.39 is 8.27 Å². The van der Waals surface area contributed by atoms with Crippen LogP contribution in [0, 0.1) is 5.41 Å². The van der Waals surface area contributed by atoms with Crippen LogP contribution in [0.5, 0.6) is 0 Å². The number of nitrogens with zero attached hydrogens (tertiary/aromatic N) is 1. The molecule has 0 spiro atoms. The molecule has 0 radical (unpaired) electrons. The van der Waals surface area contributed by atoms with Gasteiger partial charge < -0.3 is 4.57 Å². The van der Waals surface area contributed by atoms with Crippen molar-refractivity contribution in [2.45, 2.75) is 34.6 Å². The third-order valence-corrected chi connectivity index (χ3v) is 6.81. The van der Waals surface area contributed by atoms with Gasteiger partial charge in [0.15, 0.2) is 0 Å². The average molecular weight is 220 g/mol. The minimum absolute atomic E-state index is 0.154. The average Bonchev–Trinajstić information content (AvgIpc) is 2.03. The third kappa shape index (κ3) is 3.84. The summed E-state index contributed by atoms with van der Waals surface area (Å²) in [4.78, 5) is 0. The van der Waals surface area contributed by atoms with Crippen LogP contribution >= 0.6 is 11.1 Å². The van der Waals surface area contributed by atoms with Gasteiger partial charge in [-0.05, 0) is 18.5 Å². The first kappa shape index (κ1) is 13.2. The predicted octanol–water partition coefficient (Wildman–Crippen LogP) is 2.93. The molecule has 0 saturated carbocycles. The first-order valence-corrected chi connectivity index (χ1v) is 7.75. The summed E-state index contributed by atoms with van der Waals surface area (Å²) in [5.74, 6) is 0. The van der Waals surface area contributed by atoms with Crippen molar-refractivity contribution >= 4 is 19.3 Å². The van der Waals surface area contributed by atoms with Gasteiger partial charge in [0.2, 0.25) is 8.27 Å². The molecule has 0 aliphatic rings. The van der Waals surface area contributed by atoms with E-state index in [-0.39, 0.29) is 5.41 Å². The Bertz CT molecular complexity index is 170. The van der Waals surface area contributed by atoms with Crippen molar-refractivity contribution in [3.63, 3.8) is 0 Å². The normalized spacial score (nSPS) is 14.7.